The Morgan fingerprint density at radius 3 is 2.78 bits per heavy atom. The number of amides is 3. The Hall–Kier alpha value is -3.73. The monoisotopic (exact) mass is 600 g/mol. The molecule has 0 fully saturated rings. The normalized spacial score (nSPS) is 18.0. The largest absolute Gasteiger partial charge is 0.494 e. The minimum atomic E-state index is -0.377. The first-order valence-electron chi connectivity index (χ1n) is 13.3. The maximum atomic E-state index is 13.6. The van der Waals surface area contributed by atoms with Crippen LogP contribution in [0.3, 0.4) is 0 Å². The van der Waals surface area contributed by atoms with Crippen LogP contribution in [0.4, 0.5) is 21.3 Å². The summed E-state index contributed by atoms with van der Waals surface area (Å²) in [5.74, 6) is 0.645. The molecule has 6 rings (SSSR count). The highest BCUT2D eigenvalue weighted by Crippen LogP contribution is 2.43. The molecule has 7 nitrogen and oxygen atoms in total. The average Bonchev–Trinajstić information content (AvgIpc) is 3.37. The second-order valence-corrected chi connectivity index (χ2v) is 13.1. The number of nitrogens with one attached hydrogen (secondary N) is 2. The van der Waals surface area contributed by atoms with Crippen LogP contribution in [0.15, 0.2) is 101 Å². The Labute approximate surface area is 251 Å². The zero-order valence-electron chi connectivity index (χ0n) is 22.4. The summed E-state index contributed by atoms with van der Waals surface area (Å²) in [6, 6.07) is 21.0. The van der Waals surface area contributed by atoms with E-state index in [1.165, 1.54) is 23.1 Å². The first kappa shape index (κ1) is 27.4. The lowest BCUT2D eigenvalue weighted by atomic mass is 10.1. The first-order valence-corrected chi connectivity index (χ1v) is 15.9. The molecule has 0 saturated heterocycles. The highest BCUT2D eigenvalue weighted by atomic mass is 32.2. The Balaban J connectivity index is 1.12. The van der Waals surface area contributed by atoms with Gasteiger partial charge in [0.2, 0.25) is 5.91 Å². The second kappa shape index (κ2) is 12.0. The second-order valence-electron chi connectivity index (χ2n) is 9.47. The van der Waals surface area contributed by atoms with Crippen LogP contribution in [-0.2, 0) is 4.79 Å². The number of carbonyl (C=O) groups excluding carboxylic acids is 2. The van der Waals surface area contributed by atoms with E-state index in [1.807, 2.05) is 91.6 Å². The molecule has 0 radical (unpaired) electrons. The van der Waals surface area contributed by atoms with Crippen molar-refractivity contribution >= 4 is 73.5 Å². The van der Waals surface area contributed by atoms with E-state index in [9.17, 15) is 9.59 Å². The van der Waals surface area contributed by atoms with Gasteiger partial charge in [-0.1, -0.05) is 53.8 Å². The Bertz CT molecular complexity index is 1670. The summed E-state index contributed by atoms with van der Waals surface area (Å²) in [7, 11) is 0. The number of para-hydroxylation sites is 1. The molecule has 3 atom stereocenters. The molecule has 2 heterocycles. The number of rotatable bonds is 7. The topological polar surface area (TPSA) is 83.6 Å². The van der Waals surface area contributed by atoms with Crippen molar-refractivity contribution < 1.29 is 14.3 Å². The highest BCUT2D eigenvalue weighted by molar-refractivity contribution is 8.00. The summed E-state index contributed by atoms with van der Waals surface area (Å²) in [5, 5.41) is 6.36. The number of anilines is 3. The maximum Gasteiger partial charge on any atom is 0.326 e. The number of allylic oxidation sites excluding steroid dienone is 2. The number of nitrogens with zero attached hydrogens (tertiary/aromatic N) is 2. The fraction of sp³-hybridized carbons (Fsp3) is 0.194. The lowest BCUT2D eigenvalue weighted by molar-refractivity contribution is -0.115. The van der Waals surface area contributed by atoms with Crippen molar-refractivity contribution in [3.63, 3.8) is 0 Å². The van der Waals surface area contributed by atoms with Crippen LogP contribution >= 0.6 is 34.9 Å². The van der Waals surface area contributed by atoms with Crippen molar-refractivity contribution in [2.75, 3.05) is 22.1 Å². The van der Waals surface area contributed by atoms with Gasteiger partial charge in [-0.2, -0.15) is 0 Å². The quantitative estimate of drug-likeness (QED) is 0.211. The number of urea groups is 1. The van der Waals surface area contributed by atoms with Gasteiger partial charge >= 0.3 is 6.03 Å². The lowest BCUT2D eigenvalue weighted by Crippen LogP contribution is -2.49. The van der Waals surface area contributed by atoms with Gasteiger partial charge in [0.25, 0.3) is 0 Å². The molecule has 1 aromatic heterocycles. The van der Waals surface area contributed by atoms with Crippen LogP contribution in [0.2, 0.25) is 0 Å². The Morgan fingerprint density at radius 1 is 1.05 bits per heavy atom. The Kier molecular flexibility index (Phi) is 8.04. The predicted molar refractivity (Wildman–Crippen MR) is 171 cm³/mol. The van der Waals surface area contributed by atoms with Crippen LogP contribution < -0.4 is 20.3 Å². The molecule has 3 amide bonds. The summed E-state index contributed by atoms with van der Waals surface area (Å²) < 4.78 is 6.52. The van der Waals surface area contributed by atoms with E-state index in [4.69, 9.17) is 4.74 Å². The number of carbonyl (C=O) groups is 2. The molecule has 2 aliphatic rings. The average molecular weight is 601 g/mol. The number of hydrogen-bond donors (Lipinski definition) is 2. The third-order valence-corrected chi connectivity index (χ3v) is 9.96. The molecule has 2 N–H and O–H groups in total. The number of thioether (sulfide) groups is 2. The SMILES string of the molecule is CCOc1ccc2nc(NC(=O)C(C)Sc3cccc(NC(=O)N4c5ccccc5SC5C=CC=CC54)c3)sc2c1. The van der Waals surface area contributed by atoms with E-state index >= 15 is 0 Å². The van der Waals surface area contributed by atoms with E-state index in [-0.39, 0.29) is 28.5 Å². The molecule has 3 unspecified atom stereocenters. The summed E-state index contributed by atoms with van der Waals surface area (Å²) in [5.41, 5.74) is 2.39. The van der Waals surface area contributed by atoms with Crippen LogP contribution in [-0.4, -0.2) is 40.1 Å². The van der Waals surface area contributed by atoms with Crippen LogP contribution in [0.5, 0.6) is 5.75 Å². The summed E-state index contributed by atoms with van der Waals surface area (Å²) in [6.07, 6.45) is 8.24. The van der Waals surface area contributed by atoms with Gasteiger partial charge in [-0.25, -0.2) is 9.78 Å². The van der Waals surface area contributed by atoms with E-state index < -0.39 is 0 Å². The van der Waals surface area contributed by atoms with E-state index in [2.05, 4.69) is 33.8 Å². The summed E-state index contributed by atoms with van der Waals surface area (Å²) in [4.78, 5) is 35.0. The first-order chi connectivity index (χ1) is 20.0. The number of benzene rings is 3. The van der Waals surface area contributed by atoms with Gasteiger partial charge in [0.1, 0.15) is 5.75 Å². The zero-order chi connectivity index (χ0) is 28.3. The Morgan fingerprint density at radius 2 is 1.90 bits per heavy atom. The van der Waals surface area contributed by atoms with Crippen molar-refractivity contribution in [1.82, 2.24) is 4.98 Å². The highest BCUT2D eigenvalue weighted by Gasteiger charge is 2.36. The van der Waals surface area contributed by atoms with Gasteiger partial charge in [-0.05, 0) is 62.4 Å². The maximum absolute atomic E-state index is 13.6. The molecule has 208 valence electrons. The number of fused-ring (bicyclic) bond motifs is 3. The van der Waals surface area contributed by atoms with E-state index in [1.54, 1.807) is 11.8 Å². The third kappa shape index (κ3) is 6.00. The molecule has 0 bridgehead atoms. The van der Waals surface area contributed by atoms with Gasteiger partial charge < -0.3 is 15.4 Å². The fourth-order valence-corrected chi connectivity index (χ4v) is 7.82. The molecular weight excluding hydrogens is 573 g/mol. The smallest absolute Gasteiger partial charge is 0.326 e. The molecule has 3 aromatic carbocycles. The van der Waals surface area contributed by atoms with E-state index in [0.717, 1.165) is 31.4 Å². The van der Waals surface area contributed by atoms with Crippen LogP contribution in [0, 0.1) is 0 Å². The van der Waals surface area contributed by atoms with Crippen LogP contribution in [0.1, 0.15) is 13.8 Å². The molecule has 1 aliphatic carbocycles. The molecule has 4 aromatic rings. The van der Waals surface area contributed by atoms with Gasteiger partial charge in [0.05, 0.1) is 39.1 Å². The van der Waals surface area contributed by atoms with Crippen LogP contribution in [0.25, 0.3) is 10.2 Å². The fourth-order valence-electron chi connectivity index (χ4n) is 4.74. The molecule has 1 aliphatic heterocycles. The number of hydrogen-bond acceptors (Lipinski definition) is 7. The van der Waals surface area contributed by atoms with Crippen molar-refractivity contribution in [3.8, 4) is 5.75 Å². The number of aromatic nitrogens is 1. The standard InChI is InChI=1S/C31H28N4O3S3/c1-3-38-21-15-16-23-28(18-21)41-30(33-23)34-29(36)19(2)39-22-10-8-9-20(17-22)32-31(37)35-24-11-4-6-13-26(24)40-27-14-7-5-12-25(27)35/h4-19,24,26H,3H2,1-2H3,(H,32,37)(H,33,34,36). The lowest BCUT2D eigenvalue weighted by Gasteiger charge is -2.40. The number of thiazole rings is 1. The van der Waals surface area contributed by atoms with Gasteiger partial charge in [-0.15, -0.1) is 23.5 Å². The zero-order valence-corrected chi connectivity index (χ0v) is 24.9. The van der Waals surface area contributed by atoms with E-state index in [0.29, 0.717) is 17.4 Å². The van der Waals surface area contributed by atoms with Crippen molar-refractivity contribution in [1.29, 1.82) is 0 Å². The molecule has 0 saturated carbocycles. The minimum absolute atomic E-state index is 0.0746. The van der Waals surface area contributed by atoms with Gasteiger partial charge in [0, 0.05) is 15.5 Å². The summed E-state index contributed by atoms with van der Waals surface area (Å²) in [6.45, 7) is 4.39. The molecule has 10 heteroatoms. The van der Waals surface area contributed by atoms with Crippen molar-refractivity contribution in [2.45, 2.75) is 40.2 Å². The third-order valence-electron chi connectivity index (χ3n) is 6.63. The van der Waals surface area contributed by atoms with Crippen molar-refractivity contribution in [3.05, 3.63) is 91.0 Å². The minimum Gasteiger partial charge on any atom is -0.494 e. The van der Waals surface area contributed by atoms with Gasteiger partial charge in [0.15, 0.2) is 5.13 Å². The van der Waals surface area contributed by atoms with Crippen molar-refractivity contribution in [2.24, 2.45) is 0 Å². The summed E-state index contributed by atoms with van der Waals surface area (Å²) >= 11 is 4.62. The van der Waals surface area contributed by atoms with Gasteiger partial charge in [-0.3, -0.25) is 9.69 Å². The predicted octanol–water partition coefficient (Wildman–Crippen LogP) is 7.82. The molecule has 0 spiro atoms. The number of ether oxygens (including phenoxy) is 1. The molecule has 41 heavy (non-hydrogen) atoms. The molecular formula is C31H28N4O3S3.